The highest BCUT2D eigenvalue weighted by atomic mass is 16.5. The number of rotatable bonds is 4. The van der Waals surface area contributed by atoms with Gasteiger partial charge in [-0.05, 0) is 44.5 Å². The zero-order valence-corrected chi connectivity index (χ0v) is 22.6. The van der Waals surface area contributed by atoms with Gasteiger partial charge in [0.15, 0.2) is 11.4 Å². The number of hydrogen-bond acceptors (Lipinski definition) is 10. The van der Waals surface area contributed by atoms with Crippen molar-refractivity contribution in [2.24, 2.45) is 23.5 Å². The first-order valence-electron chi connectivity index (χ1n) is 13.5. The average molecular weight is 555 g/mol. The summed E-state index contributed by atoms with van der Waals surface area (Å²) < 4.78 is 6.13. The Hall–Kier alpha value is -3.70. The van der Waals surface area contributed by atoms with Gasteiger partial charge in [0, 0.05) is 11.5 Å². The van der Waals surface area contributed by atoms with Gasteiger partial charge in [-0.3, -0.25) is 24.1 Å². The topological polar surface area (TPSA) is 188 Å². The van der Waals surface area contributed by atoms with E-state index in [1.807, 2.05) is 0 Å². The second-order valence-corrected chi connectivity index (χ2v) is 11.5. The molecule has 1 unspecified atom stereocenters. The van der Waals surface area contributed by atoms with E-state index in [0.29, 0.717) is 18.4 Å². The Balaban J connectivity index is 1.79. The number of aliphatic hydroxyl groups is 3. The molecule has 40 heavy (non-hydrogen) atoms. The molecule has 11 nitrogen and oxygen atoms in total. The Morgan fingerprint density at radius 1 is 1.07 bits per heavy atom. The van der Waals surface area contributed by atoms with Gasteiger partial charge in [-0.15, -0.1) is 0 Å². The summed E-state index contributed by atoms with van der Waals surface area (Å²) in [4.78, 5) is 55.0. The number of benzene rings is 1. The predicted octanol–water partition coefficient (Wildman–Crippen LogP) is 1.63. The zero-order valence-electron chi connectivity index (χ0n) is 22.6. The van der Waals surface area contributed by atoms with Gasteiger partial charge in [0.25, 0.3) is 5.91 Å². The summed E-state index contributed by atoms with van der Waals surface area (Å²) in [5.41, 5.74) is 1.62. The molecule has 2 saturated carbocycles. The number of carbonyl (C=O) groups is 4. The summed E-state index contributed by atoms with van der Waals surface area (Å²) >= 11 is 0. The normalized spacial score (nSPS) is 32.5. The van der Waals surface area contributed by atoms with Crippen LogP contribution in [0.5, 0.6) is 5.75 Å². The van der Waals surface area contributed by atoms with E-state index in [0.717, 1.165) is 19.3 Å². The number of amides is 1. The van der Waals surface area contributed by atoms with E-state index < -0.39 is 82.0 Å². The van der Waals surface area contributed by atoms with Crippen LogP contribution in [-0.2, 0) is 23.9 Å². The van der Waals surface area contributed by atoms with Gasteiger partial charge >= 0.3 is 5.97 Å². The number of esters is 1. The number of ketones is 2. The molecule has 5 rings (SSSR count). The molecule has 6 atom stereocenters. The number of aliphatic hydroxyl groups excluding tert-OH is 2. The van der Waals surface area contributed by atoms with Crippen LogP contribution in [0, 0.1) is 17.8 Å². The summed E-state index contributed by atoms with van der Waals surface area (Å²) in [6.07, 6.45) is 2.45. The summed E-state index contributed by atoms with van der Waals surface area (Å²) in [5.74, 6) is -9.84. The number of primary amides is 1. The lowest BCUT2D eigenvalue weighted by Gasteiger charge is -2.54. The van der Waals surface area contributed by atoms with E-state index in [4.69, 9.17) is 10.5 Å². The number of fused-ring (bicyclic) bond motifs is 3. The molecule has 0 bridgehead atoms. The molecule has 1 aromatic rings. The largest absolute Gasteiger partial charge is 0.508 e. The van der Waals surface area contributed by atoms with Crippen molar-refractivity contribution < 1.29 is 44.3 Å². The number of ether oxygens (including phenoxy) is 1. The molecule has 0 radical (unpaired) electrons. The van der Waals surface area contributed by atoms with Crippen molar-refractivity contribution in [3.8, 4) is 5.75 Å². The SMILES string of the molecule is C[C@H]1c2cccc(O)c2C(O)=C2C(=O)[C@]3(O)C(O)=C(C(N)=O)C(=O)C(N(C)C)[C@@H]3[C@@H](OC(=O)C3CCCCC3)[C@@H]21. The Bertz CT molecular complexity index is 1370. The third-order valence-electron chi connectivity index (χ3n) is 9.16. The number of nitrogens with two attached hydrogens (primary N) is 1. The fourth-order valence-electron chi connectivity index (χ4n) is 7.26. The Kier molecular flexibility index (Phi) is 6.78. The Labute approximate surface area is 230 Å². The Morgan fingerprint density at radius 3 is 2.33 bits per heavy atom. The van der Waals surface area contributed by atoms with Crippen LogP contribution in [0.1, 0.15) is 56.1 Å². The van der Waals surface area contributed by atoms with Crippen LogP contribution in [0.2, 0.25) is 0 Å². The maximum absolute atomic E-state index is 14.2. The number of likely N-dealkylation sites (N-methyl/N-ethyl adjacent to an activating group) is 1. The number of nitrogens with zero attached hydrogens (tertiary/aromatic N) is 1. The molecule has 4 aliphatic rings. The summed E-state index contributed by atoms with van der Waals surface area (Å²) in [6.45, 7) is 1.73. The van der Waals surface area contributed by atoms with Gasteiger partial charge in [0.05, 0.1) is 23.4 Å². The minimum absolute atomic E-state index is 0.0244. The van der Waals surface area contributed by atoms with E-state index >= 15 is 0 Å². The van der Waals surface area contributed by atoms with Crippen molar-refractivity contribution in [3.63, 3.8) is 0 Å². The molecule has 4 aliphatic carbocycles. The van der Waals surface area contributed by atoms with Gasteiger partial charge in [0.2, 0.25) is 5.78 Å². The molecule has 6 N–H and O–H groups in total. The number of Topliss-reactive ketones (excluding diaryl/α,β-unsaturated/α-hetero) is 2. The van der Waals surface area contributed by atoms with E-state index in [-0.39, 0.29) is 16.9 Å². The van der Waals surface area contributed by atoms with Crippen molar-refractivity contribution in [1.82, 2.24) is 4.90 Å². The first kappa shape index (κ1) is 27.9. The van der Waals surface area contributed by atoms with Crippen LogP contribution in [-0.4, -0.2) is 80.6 Å². The van der Waals surface area contributed by atoms with Gasteiger partial charge in [0.1, 0.15) is 28.9 Å². The molecule has 0 spiro atoms. The van der Waals surface area contributed by atoms with Gasteiger partial charge in [-0.2, -0.15) is 0 Å². The number of phenolic OH excluding ortho intramolecular Hbond substituents is 1. The summed E-state index contributed by atoms with van der Waals surface area (Å²) in [6, 6.07) is 3.18. The van der Waals surface area contributed by atoms with E-state index in [2.05, 4.69) is 0 Å². The molecule has 0 heterocycles. The van der Waals surface area contributed by atoms with Gasteiger partial charge in [-0.1, -0.05) is 38.3 Å². The molecule has 0 aromatic heterocycles. The van der Waals surface area contributed by atoms with Crippen molar-refractivity contribution >= 4 is 29.2 Å². The molecular formula is C29H34N2O9. The maximum atomic E-state index is 14.2. The van der Waals surface area contributed by atoms with Gasteiger partial charge in [-0.25, -0.2) is 0 Å². The highest BCUT2D eigenvalue weighted by Gasteiger charge is 2.69. The van der Waals surface area contributed by atoms with Crippen LogP contribution >= 0.6 is 0 Å². The monoisotopic (exact) mass is 554 g/mol. The molecule has 11 heteroatoms. The van der Waals surface area contributed by atoms with Crippen LogP contribution < -0.4 is 5.73 Å². The second kappa shape index (κ2) is 9.74. The summed E-state index contributed by atoms with van der Waals surface area (Å²) in [7, 11) is 2.99. The minimum atomic E-state index is -2.94. The molecule has 1 aromatic carbocycles. The molecular weight excluding hydrogens is 520 g/mol. The van der Waals surface area contributed by atoms with Crippen LogP contribution in [0.4, 0.5) is 0 Å². The predicted molar refractivity (Wildman–Crippen MR) is 141 cm³/mol. The first-order valence-corrected chi connectivity index (χ1v) is 13.5. The number of aromatic hydroxyl groups is 1. The number of hydrogen-bond donors (Lipinski definition) is 5. The van der Waals surface area contributed by atoms with Crippen molar-refractivity contribution in [3.05, 3.63) is 46.2 Å². The third kappa shape index (κ3) is 3.78. The van der Waals surface area contributed by atoms with Crippen molar-refractivity contribution in [2.45, 2.75) is 62.7 Å². The van der Waals surface area contributed by atoms with E-state index in [9.17, 15) is 39.6 Å². The lowest BCUT2D eigenvalue weighted by molar-refractivity contribution is -0.188. The molecule has 0 aliphatic heterocycles. The fraction of sp³-hybridized carbons (Fsp3) is 0.517. The fourth-order valence-corrected chi connectivity index (χ4v) is 7.26. The highest BCUT2D eigenvalue weighted by Crippen LogP contribution is 2.57. The van der Waals surface area contributed by atoms with Crippen molar-refractivity contribution in [1.29, 1.82) is 0 Å². The smallest absolute Gasteiger partial charge is 0.309 e. The Morgan fingerprint density at radius 2 is 1.73 bits per heavy atom. The molecule has 1 amide bonds. The minimum Gasteiger partial charge on any atom is -0.508 e. The second-order valence-electron chi connectivity index (χ2n) is 11.5. The quantitative estimate of drug-likeness (QED) is 0.270. The molecule has 214 valence electrons. The van der Waals surface area contributed by atoms with Gasteiger partial charge < -0.3 is 30.9 Å². The first-order chi connectivity index (χ1) is 18.8. The third-order valence-corrected chi connectivity index (χ3v) is 9.16. The van der Waals surface area contributed by atoms with E-state index in [1.165, 1.54) is 25.1 Å². The summed E-state index contributed by atoms with van der Waals surface area (Å²) in [5, 5.41) is 45.3. The van der Waals surface area contributed by atoms with Crippen LogP contribution in [0.3, 0.4) is 0 Å². The van der Waals surface area contributed by atoms with Crippen LogP contribution in [0.25, 0.3) is 5.76 Å². The number of carbonyl (C=O) groups excluding carboxylic acids is 4. The maximum Gasteiger partial charge on any atom is 0.309 e. The lowest BCUT2D eigenvalue weighted by Crippen LogP contribution is -2.71. The molecule has 2 fully saturated rings. The standard InChI is InChI=1S/C29H34N2O9/c1-12-14-10-7-11-15(32)17(14)22(33)18-16(12)24(40-28(38)13-8-5-4-6-9-13)20-21(31(2)3)23(34)19(27(30)37)26(36)29(20,39)25(18)35/h7,10-13,16,20-21,24,32-33,36,39H,4-6,8-9H2,1-3H3,(H2,30,37)/t12-,16+,20+,21?,24-,29-/m0/s1. The molecule has 0 saturated heterocycles. The number of phenols is 1. The highest BCUT2D eigenvalue weighted by molar-refractivity contribution is 6.24. The van der Waals surface area contributed by atoms with Crippen molar-refractivity contribution in [2.75, 3.05) is 14.1 Å². The van der Waals surface area contributed by atoms with E-state index in [1.54, 1.807) is 19.1 Å². The van der Waals surface area contributed by atoms with Crippen LogP contribution in [0.15, 0.2) is 35.1 Å². The average Bonchev–Trinajstić information content (AvgIpc) is 2.90. The zero-order chi connectivity index (χ0) is 29.3. The lowest BCUT2D eigenvalue weighted by atomic mass is 9.54.